The maximum Gasteiger partial charge on any atom is 0.373 e. The van der Waals surface area contributed by atoms with Gasteiger partial charge in [-0.2, -0.15) is 9.59 Å². The number of carbonyl (C=O) groups excluding carboxylic acids is 2. The van der Waals surface area contributed by atoms with E-state index in [1.165, 1.54) is 84.7 Å². The van der Waals surface area contributed by atoms with Gasteiger partial charge < -0.3 is 0 Å². The van der Waals surface area contributed by atoms with Crippen molar-refractivity contribution in [2.75, 3.05) is 0 Å². The predicted molar refractivity (Wildman–Crippen MR) is 155 cm³/mol. The lowest BCUT2D eigenvalue weighted by atomic mass is 9.74. The number of unbranched alkanes of at least 4 members (excludes halogenated alkanes) is 6. The quantitative estimate of drug-likeness (QED) is 0.233. The zero-order chi connectivity index (χ0) is 27.3. The molecule has 0 saturated carbocycles. The molecule has 0 spiro atoms. The van der Waals surface area contributed by atoms with Crippen molar-refractivity contribution in [3.63, 3.8) is 0 Å². The number of rotatable bonds is 12. The smallest absolute Gasteiger partial charge is 0.186 e. The van der Waals surface area contributed by atoms with Crippen LogP contribution in [0.25, 0.3) is 0 Å². The van der Waals surface area contributed by atoms with Gasteiger partial charge in [0.05, 0.1) is 0 Å². The Morgan fingerprint density at radius 2 is 0.865 bits per heavy atom. The molecule has 0 radical (unpaired) electrons. The summed E-state index contributed by atoms with van der Waals surface area (Å²) in [5.74, 6) is 0. The summed E-state index contributed by atoms with van der Waals surface area (Å²) in [7, 11) is 0. The van der Waals surface area contributed by atoms with Crippen LogP contribution in [0, 0.1) is 6.92 Å². The van der Waals surface area contributed by atoms with Gasteiger partial charge in [0.25, 0.3) is 0 Å². The zero-order valence-electron chi connectivity index (χ0n) is 23.9. The van der Waals surface area contributed by atoms with Crippen molar-refractivity contribution in [3.05, 3.63) is 106 Å². The molecule has 0 aliphatic carbocycles. The van der Waals surface area contributed by atoms with Crippen LogP contribution in [0.15, 0.2) is 72.8 Å². The topological polar surface area (TPSA) is 34.1 Å². The molecule has 0 aliphatic rings. The van der Waals surface area contributed by atoms with E-state index in [2.05, 4.69) is 114 Å². The third kappa shape index (κ3) is 8.83. The van der Waals surface area contributed by atoms with Crippen molar-refractivity contribution < 1.29 is 9.59 Å². The first kappa shape index (κ1) is 30.3. The summed E-state index contributed by atoms with van der Waals surface area (Å²) in [5, 5.41) is 0. The van der Waals surface area contributed by atoms with Crippen LogP contribution in [-0.4, -0.2) is 6.15 Å². The third-order valence-corrected chi connectivity index (χ3v) is 7.85. The fourth-order valence-corrected chi connectivity index (χ4v) is 4.98. The van der Waals surface area contributed by atoms with E-state index in [0.717, 1.165) is 0 Å². The second kappa shape index (κ2) is 14.7. The van der Waals surface area contributed by atoms with Crippen LogP contribution in [0.5, 0.6) is 0 Å². The van der Waals surface area contributed by atoms with Crippen LogP contribution in [0.3, 0.4) is 0 Å². The molecular formula is C35H46O2. The van der Waals surface area contributed by atoms with Crippen LogP contribution in [-0.2, 0) is 26.8 Å². The fourth-order valence-electron chi connectivity index (χ4n) is 4.98. The monoisotopic (exact) mass is 498 g/mol. The highest BCUT2D eigenvalue weighted by Gasteiger charge is 2.26. The maximum atomic E-state index is 8.12. The van der Waals surface area contributed by atoms with Crippen LogP contribution in [0.2, 0.25) is 0 Å². The van der Waals surface area contributed by atoms with Crippen molar-refractivity contribution in [2.45, 2.75) is 104 Å². The maximum absolute atomic E-state index is 8.12. The molecule has 0 fully saturated rings. The van der Waals surface area contributed by atoms with E-state index in [1.54, 1.807) is 0 Å². The van der Waals surface area contributed by atoms with E-state index in [-0.39, 0.29) is 17.0 Å². The van der Waals surface area contributed by atoms with E-state index in [0.29, 0.717) is 0 Å². The van der Waals surface area contributed by atoms with Crippen molar-refractivity contribution in [1.82, 2.24) is 0 Å². The Balaban J connectivity index is 0.00000153. The van der Waals surface area contributed by atoms with Crippen LogP contribution < -0.4 is 0 Å². The van der Waals surface area contributed by atoms with Gasteiger partial charge in [0, 0.05) is 10.8 Å². The molecule has 37 heavy (non-hydrogen) atoms. The number of benzene rings is 3. The van der Waals surface area contributed by atoms with E-state index in [1.807, 2.05) is 0 Å². The molecule has 3 aromatic rings. The normalized spacial score (nSPS) is 11.4. The third-order valence-electron chi connectivity index (χ3n) is 7.85. The van der Waals surface area contributed by atoms with Gasteiger partial charge in [-0.3, -0.25) is 0 Å². The minimum atomic E-state index is -0.00958. The van der Waals surface area contributed by atoms with E-state index in [9.17, 15) is 0 Å². The van der Waals surface area contributed by atoms with E-state index >= 15 is 0 Å². The van der Waals surface area contributed by atoms with Crippen molar-refractivity contribution in [3.8, 4) is 0 Å². The minimum Gasteiger partial charge on any atom is -0.186 e. The average molecular weight is 499 g/mol. The highest BCUT2D eigenvalue weighted by atomic mass is 16.2. The first-order chi connectivity index (χ1) is 17.7. The number of hydrogen-bond acceptors (Lipinski definition) is 2. The summed E-state index contributed by atoms with van der Waals surface area (Å²) in [5.41, 5.74) is 8.26. The lowest BCUT2D eigenvalue weighted by Crippen LogP contribution is -2.21. The Bertz CT molecular complexity index is 1080. The second-order valence-corrected chi connectivity index (χ2v) is 11.3. The van der Waals surface area contributed by atoms with Gasteiger partial charge in [-0.05, 0) is 47.6 Å². The van der Waals surface area contributed by atoms with Crippen LogP contribution in [0.1, 0.15) is 113 Å². The number of aryl methyl sites for hydroxylation is 2. The predicted octanol–water partition coefficient (Wildman–Crippen LogP) is 9.36. The molecule has 0 unspecified atom stereocenters. The zero-order valence-corrected chi connectivity index (χ0v) is 23.9. The molecule has 2 nitrogen and oxygen atoms in total. The summed E-state index contributed by atoms with van der Waals surface area (Å²) in [6, 6.07) is 27.7. The Kier molecular flexibility index (Phi) is 12.0. The van der Waals surface area contributed by atoms with Gasteiger partial charge in [-0.25, -0.2) is 0 Å². The number of hydrogen-bond donors (Lipinski definition) is 0. The van der Waals surface area contributed by atoms with Gasteiger partial charge in [0.15, 0.2) is 0 Å². The summed E-state index contributed by atoms with van der Waals surface area (Å²) in [4.78, 5) is 16.2. The summed E-state index contributed by atoms with van der Waals surface area (Å²) in [6.45, 7) is 13.8. The lowest BCUT2D eigenvalue weighted by molar-refractivity contribution is -0.191. The van der Waals surface area contributed by atoms with Crippen molar-refractivity contribution >= 4 is 6.15 Å². The second-order valence-electron chi connectivity index (χ2n) is 11.3. The van der Waals surface area contributed by atoms with Crippen LogP contribution >= 0.6 is 0 Å². The standard InChI is InChI=1S/C34H46.CO2/c1-7-8-9-10-11-12-13-14-28-17-21-30(22-18-28)34(5,6)32-25-23-31(24-26-32)33(3,4)29-19-15-27(2)16-20-29;2-1-3/h15-26H,7-14H2,1-6H3;. The molecule has 0 heterocycles. The minimum absolute atomic E-state index is 0.00593. The summed E-state index contributed by atoms with van der Waals surface area (Å²) < 4.78 is 0. The van der Waals surface area contributed by atoms with Crippen molar-refractivity contribution in [2.24, 2.45) is 0 Å². The fraction of sp³-hybridized carbons (Fsp3) is 0.457. The Morgan fingerprint density at radius 1 is 0.541 bits per heavy atom. The van der Waals surface area contributed by atoms with Gasteiger partial charge in [0.1, 0.15) is 0 Å². The SMILES string of the molecule is CCCCCCCCCc1ccc(C(C)(C)c2ccc(C(C)(C)c3ccc(C)cc3)cc2)cc1.O=C=O. The van der Waals surface area contributed by atoms with Crippen LogP contribution in [0.4, 0.5) is 0 Å². The van der Waals surface area contributed by atoms with Gasteiger partial charge in [-0.15, -0.1) is 0 Å². The van der Waals surface area contributed by atoms with E-state index < -0.39 is 0 Å². The Hall–Kier alpha value is -2.96. The summed E-state index contributed by atoms with van der Waals surface area (Å²) in [6.07, 6.45) is 11.1. The first-order valence-corrected chi connectivity index (χ1v) is 13.9. The summed E-state index contributed by atoms with van der Waals surface area (Å²) >= 11 is 0. The molecule has 0 amide bonds. The molecule has 0 aliphatic heterocycles. The van der Waals surface area contributed by atoms with Gasteiger partial charge in [0.2, 0.25) is 0 Å². The molecule has 0 aromatic heterocycles. The van der Waals surface area contributed by atoms with Crippen molar-refractivity contribution in [1.29, 1.82) is 0 Å². The molecule has 2 heteroatoms. The Labute approximate surface area is 225 Å². The molecule has 0 saturated heterocycles. The first-order valence-electron chi connectivity index (χ1n) is 13.9. The molecule has 198 valence electrons. The van der Waals surface area contributed by atoms with Gasteiger partial charge >= 0.3 is 6.15 Å². The molecule has 0 atom stereocenters. The van der Waals surface area contributed by atoms with Gasteiger partial charge in [-0.1, -0.05) is 152 Å². The lowest BCUT2D eigenvalue weighted by Gasteiger charge is -2.29. The molecule has 0 bridgehead atoms. The van der Waals surface area contributed by atoms with E-state index in [4.69, 9.17) is 9.59 Å². The highest BCUT2D eigenvalue weighted by molar-refractivity contribution is 5.44. The Morgan fingerprint density at radius 3 is 1.27 bits per heavy atom. The highest BCUT2D eigenvalue weighted by Crippen LogP contribution is 2.36. The average Bonchev–Trinajstić information content (AvgIpc) is 2.89. The molecule has 3 aromatic carbocycles. The largest absolute Gasteiger partial charge is 0.373 e. The molecule has 3 rings (SSSR count). The molecular weight excluding hydrogens is 452 g/mol. The molecule has 0 N–H and O–H groups in total.